The van der Waals surface area contributed by atoms with Crippen molar-refractivity contribution in [1.82, 2.24) is 0 Å². The molecule has 0 bridgehead atoms. The minimum absolute atomic E-state index is 0.00229. The molecule has 0 spiro atoms. The largest absolute Gasteiger partial charge is 0.491 e. The number of hydrogen-bond acceptors (Lipinski definition) is 4. The summed E-state index contributed by atoms with van der Waals surface area (Å²) in [6, 6.07) is 11.4. The zero-order chi connectivity index (χ0) is 12.8. The highest BCUT2D eigenvalue weighted by Gasteiger charge is 2.00. The molecule has 0 saturated heterocycles. The summed E-state index contributed by atoms with van der Waals surface area (Å²) in [4.78, 5) is 0. The van der Waals surface area contributed by atoms with E-state index >= 15 is 0 Å². The van der Waals surface area contributed by atoms with E-state index in [0.29, 0.717) is 0 Å². The fraction of sp³-hybridized carbons (Fsp3) is 0.286. The van der Waals surface area contributed by atoms with E-state index in [-0.39, 0.29) is 26.4 Å². The van der Waals surface area contributed by atoms with Gasteiger partial charge in [0.1, 0.15) is 24.7 Å². The van der Waals surface area contributed by atoms with Crippen LogP contribution < -0.4 is 9.47 Å². The van der Waals surface area contributed by atoms with Gasteiger partial charge in [-0.1, -0.05) is 12.1 Å². The van der Waals surface area contributed by atoms with Crippen molar-refractivity contribution in [3.63, 3.8) is 0 Å². The average molecular weight is 248 g/mol. The average Bonchev–Trinajstić information content (AvgIpc) is 2.42. The fourth-order valence-electron chi connectivity index (χ4n) is 1.71. The van der Waals surface area contributed by atoms with Crippen LogP contribution in [-0.4, -0.2) is 36.6 Å². The summed E-state index contributed by atoms with van der Waals surface area (Å²) in [5.74, 6) is 1.44. The topological polar surface area (TPSA) is 58.9 Å². The molecule has 0 aliphatic heterocycles. The second-order valence-corrected chi connectivity index (χ2v) is 3.81. The van der Waals surface area contributed by atoms with Gasteiger partial charge >= 0.3 is 0 Å². The monoisotopic (exact) mass is 248 g/mol. The highest BCUT2D eigenvalue weighted by Crippen LogP contribution is 2.25. The first-order valence-electron chi connectivity index (χ1n) is 5.84. The predicted molar refractivity (Wildman–Crippen MR) is 69.1 cm³/mol. The van der Waals surface area contributed by atoms with Crippen LogP contribution >= 0.6 is 0 Å². The summed E-state index contributed by atoms with van der Waals surface area (Å²) in [7, 11) is 0. The van der Waals surface area contributed by atoms with Gasteiger partial charge in [-0.15, -0.1) is 0 Å². The smallest absolute Gasteiger partial charge is 0.120 e. The lowest BCUT2D eigenvalue weighted by Gasteiger charge is -2.08. The first-order chi connectivity index (χ1) is 8.83. The van der Waals surface area contributed by atoms with Crippen LogP contribution in [0.3, 0.4) is 0 Å². The molecule has 96 valence electrons. The number of hydrogen-bond donors (Lipinski definition) is 2. The zero-order valence-electron chi connectivity index (χ0n) is 10.0. The Kier molecular flexibility index (Phi) is 4.39. The number of benzene rings is 2. The van der Waals surface area contributed by atoms with Crippen LogP contribution in [0, 0.1) is 0 Å². The summed E-state index contributed by atoms with van der Waals surface area (Å²) in [6.07, 6.45) is 0. The van der Waals surface area contributed by atoms with Crippen molar-refractivity contribution in [2.75, 3.05) is 26.4 Å². The van der Waals surface area contributed by atoms with E-state index in [4.69, 9.17) is 19.7 Å². The Bertz CT molecular complexity index is 467. The van der Waals surface area contributed by atoms with Crippen molar-refractivity contribution >= 4 is 10.8 Å². The molecule has 2 aromatic rings. The summed E-state index contributed by atoms with van der Waals surface area (Å²) in [5.41, 5.74) is 0. The lowest BCUT2D eigenvalue weighted by atomic mass is 10.1. The standard InChI is InChI=1S/C14H16O4/c15-5-7-17-13-3-1-11-2-4-14(18-8-6-16)10-12(11)9-13/h1-4,9-10,15-16H,5-8H2. The van der Waals surface area contributed by atoms with Crippen LogP contribution in [0.25, 0.3) is 10.8 Å². The Balaban J connectivity index is 2.22. The molecule has 0 atom stereocenters. The van der Waals surface area contributed by atoms with E-state index in [2.05, 4.69) is 0 Å². The van der Waals surface area contributed by atoms with Crippen molar-refractivity contribution < 1.29 is 19.7 Å². The number of fused-ring (bicyclic) bond motifs is 1. The van der Waals surface area contributed by atoms with Gasteiger partial charge in [-0.05, 0) is 35.0 Å². The highest BCUT2D eigenvalue weighted by atomic mass is 16.5. The summed E-state index contributed by atoms with van der Waals surface area (Å²) >= 11 is 0. The molecule has 0 amide bonds. The van der Waals surface area contributed by atoms with Gasteiger partial charge in [0.2, 0.25) is 0 Å². The first kappa shape index (κ1) is 12.7. The molecule has 0 aliphatic carbocycles. The van der Waals surface area contributed by atoms with Gasteiger partial charge in [-0.25, -0.2) is 0 Å². The zero-order valence-corrected chi connectivity index (χ0v) is 10.0. The number of aliphatic hydroxyl groups excluding tert-OH is 2. The van der Waals surface area contributed by atoms with Gasteiger partial charge in [0.15, 0.2) is 0 Å². The second-order valence-electron chi connectivity index (χ2n) is 3.81. The van der Waals surface area contributed by atoms with Gasteiger partial charge < -0.3 is 19.7 Å². The molecule has 2 aromatic carbocycles. The van der Waals surface area contributed by atoms with E-state index in [1.165, 1.54) is 0 Å². The lowest BCUT2D eigenvalue weighted by Crippen LogP contribution is -2.02. The number of aliphatic hydroxyl groups is 2. The maximum absolute atomic E-state index is 8.71. The van der Waals surface area contributed by atoms with Gasteiger partial charge in [-0.2, -0.15) is 0 Å². The van der Waals surface area contributed by atoms with Crippen LogP contribution in [-0.2, 0) is 0 Å². The third kappa shape index (κ3) is 3.12. The van der Waals surface area contributed by atoms with Crippen molar-refractivity contribution in [1.29, 1.82) is 0 Å². The van der Waals surface area contributed by atoms with Gasteiger partial charge in [0, 0.05) is 0 Å². The van der Waals surface area contributed by atoms with Gasteiger partial charge in [0.05, 0.1) is 13.2 Å². The molecule has 0 fully saturated rings. The minimum Gasteiger partial charge on any atom is -0.491 e. The van der Waals surface area contributed by atoms with E-state index in [9.17, 15) is 0 Å². The Morgan fingerprint density at radius 3 is 1.67 bits per heavy atom. The SMILES string of the molecule is OCCOc1ccc2ccc(OCCO)cc2c1. The van der Waals surface area contributed by atoms with Gasteiger partial charge in [-0.3, -0.25) is 0 Å². The Morgan fingerprint density at radius 2 is 1.22 bits per heavy atom. The molecule has 0 aromatic heterocycles. The second kappa shape index (κ2) is 6.23. The van der Waals surface area contributed by atoms with Crippen LogP contribution in [0.1, 0.15) is 0 Å². The fourth-order valence-corrected chi connectivity index (χ4v) is 1.71. The summed E-state index contributed by atoms with van der Waals surface area (Å²) < 4.78 is 10.7. The minimum atomic E-state index is -0.00229. The molecular formula is C14H16O4. The van der Waals surface area contributed by atoms with Crippen molar-refractivity contribution in [3.05, 3.63) is 36.4 Å². The molecule has 0 aliphatic rings. The van der Waals surface area contributed by atoms with Gasteiger partial charge in [0.25, 0.3) is 0 Å². The highest BCUT2D eigenvalue weighted by molar-refractivity contribution is 5.85. The molecule has 4 heteroatoms. The van der Waals surface area contributed by atoms with Crippen LogP contribution in [0.5, 0.6) is 11.5 Å². The van der Waals surface area contributed by atoms with Crippen molar-refractivity contribution in [2.45, 2.75) is 0 Å². The first-order valence-corrected chi connectivity index (χ1v) is 5.84. The van der Waals surface area contributed by atoms with Crippen molar-refractivity contribution in [2.24, 2.45) is 0 Å². The van der Waals surface area contributed by atoms with Crippen molar-refractivity contribution in [3.8, 4) is 11.5 Å². The lowest BCUT2D eigenvalue weighted by molar-refractivity contribution is 0.201. The number of ether oxygens (including phenoxy) is 2. The summed E-state index contributed by atoms with van der Waals surface area (Å²) in [5, 5.41) is 19.5. The Morgan fingerprint density at radius 1 is 0.722 bits per heavy atom. The molecule has 0 radical (unpaired) electrons. The predicted octanol–water partition coefficient (Wildman–Crippen LogP) is 1.58. The van der Waals surface area contributed by atoms with E-state index in [1.807, 2.05) is 36.4 Å². The Labute approximate surface area is 105 Å². The molecule has 2 rings (SSSR count). The number of rotatable bonds is 6. The van der Waals surface area contributed by atoms with Crippen LogP contribution in [0.4, 0.5) is 0 Å². The normalized spacial score (nSPS) is 10.6. The third-order valence-corrected chi connectivity index (χ3v) is 2.50. The molecule has 0 unspecified atom stereocenters. The molecule has 0 heterocycles. The van der Waals surface area contributed by atoms with Crippen LogP contribution in [0.2, 0.25) is 0 Å². The molecule has 2 N–H and O–H groups in total. The van der Waals surface area contributed by atoms with E-state index < -0.39 is 0 Å². The third-order valence-electron chi connectivity index (χ3n) is 2.50. The molecular weight excluding hydrogens is 232 g/mol. The molecule has 0 saturated carbocycles. The molecule has 18 heavy (non-hydrogen) atoms. The van der Waals surface area contributed by atoms with E-state index in [0.717, 1.165) is 22.3 Å². The molecule has 4 nitrogen and oxygen atoms in total. The van der Waals surface area contributed by atoms with E-state index in [1.54, 1.807) is 0 Å². The Hall–Kier alpha value is -1.78. The quantitative estimate of drug-likeness (QED) is 0.815. The maximum Gasteiger partial charge on any atom is 0.120 e. The maximum atomic E-state index is 8.71. The van der Waals surface area contributed by atoms with Crippen LogP contribution in [0.15, 0.2) is 36.4 Å². The summed E-state index contributed by atoms with van der Waals surface area (Å²) in [6.45, 7) is 0.563.